The predicted octanol–water partition coefficient (Wildman–Crippen LogP) is 27.3. The highest BCUT2D eigenvalue weighted by Crippen LogP contribution is 2.54. The van der Waals surface area contributed by atoms with Crippen LogP contribution < -0.4 is 26.2 Å². The number of anilines is 6. The number of hydrogen-bond donors (Lipinski definition) is 0. The van der Waals surface area contributed by atoms with Gasteiger partial charge in [0.2, 0.25) is 0 Å². The largest absolute Gasteiger partial charge is 0.311 e. The van der Waals surface area contributed by atoms with Gasteiger partial charge in [-0.2, -0.15) is 0 Å². The Kier molecular flexibility index (Phi) is 14.7. The highest BCUT2D eigenvalue weighted by atomic mass is 15.2. The first-order valence-electron chi connectivity index (χ1n) is 41.3. The molecule has 5 nitrogen and oxygen atoms in total. The summed E-state index contributed by atoms with van der Waals surface area (Å²) in [6.45, 7) is 19.1. The Morgan fingerprint density at radius 1 is 0.207 bits per heavy atom. The van der Waals surface area contributed by atoms with Crippen molar-refractivity contribution in [2.45, 2.75) is 89.9 Å². The molecule has 6 heteroatoms. The lowest BCUT2D eigenvalue weighted by Gasteiger charge is -2.44. The highest BCUT2D eigenvalue weighted by molar-refractivity contribution is 7.00. The Morgan fingerprint density at radius 2 is 0.483 bits per heavy atom. The molecule has 0 spiro atoms. The SMILES string of the molecule is CC1(C)CC(C)(C)c2cc(-c3ccc(N4c5cc(-n6c7ccccc7c7cc(-c8ccccc8)ccc76)ccc5B5c6ccc(-n7c8ccccc8c8cc(-c9ccccc9)ccc87)cc6N(c6ccc(-c7ccc8c(c7)C(C)(C)CC8(C)C)cc6)c6cc(-n7c8ccccc8c8cc(-c9ccccc9)ccc87)cc4c65)cc3)ccc21. The van der Waals surface area contributed by atoms with Gasteiger partial charge in [0, 0.05) is 77.8 Å². The Morgan fingerprint density at radius 3 is 0.853 bits per heavy atom. The Labute approximate surface area is 678 Å². The zero-order chi connectivity index (χ0) is 77.8. The first kappa shape index (κ1) is 68.2. The lowest BCUT2D eigenvalue weighted by Crippen LogP contribution is -2.61. The summed E-state index contributed by atoms with van der Waals surface area (Å²) in [4.78, 5) is 5.27. The molecule has 0 saturated carbocycles. The van der Waals surface area contributed by atoms with Gasteiger partial charge in [0.05, 0.1) is 38.8 Å². The molecule has 3 aromatic heterocycles. The molecule has 5 heterocycles. The van der Waals surface area contributed by atoms with Crippen LogP contribution in [0.5, 0.6) is 0 Å². The maximum absolute atomic E-state index is 2.64. The molecular weight excluding hydrogens is 1400 g/mol. The molecule has 2 aliphatic heterocycles. The van der Waals surface area contributed by atoms with Gasteiger partial charge >= 0.3 is 0 Å². The third kappa shape index (κ3) is 10.3. The second kappa shape index (κ2) is 25.0. The van der Waals surface area contributed by atoms with Gasteiger partial charge in [-0.15, -0.1) is 0 Å². The van der Waals surface area contributed by atoms with Crippen molar-refractivity contribution in [1.82, 2.24) is 13.7 Å². The summed E-state index contributed by atoms with van der Waals surface area (Å²) in [6, 6.07) is 134. The van der Waals surface area contributed by atoms with E-state index in [9.17, 15) is 0 Å². The monoisotopic (exact) mass is 1490 g/mol. The predicted molar refractivity (Wildman–Crippen MR) is 492 cm³/mol. The van der Waals surface area contributed by atoms with Crippen molar-refractivity contribution in [3.8, 4) is 72.7 Å². The van der Waals surface area contributed by atoms with E-state index in [1.165, 1.54) is 127 Å². The Bertz CT molecular complexity index is 6960. The van der Waals surface area contributed by atoms with E-state index in [2.05, 4.69) is 431 Å². The van der Waals surface area contributed by atoms with Crippen molar-refractivity contribution in [2.75, 3.05) is 9.80 Å². The Balaban J connectivity index is 0.807. The van der Waals surface area contributed by atoms with Crippen molar-refractivity contribution in [2.24, 2.45) is 0 Å². The first-order chi connectivity index (χ1) is 56.5. The zero-order valence-corrected chi connectivity index (χ0v) is 66.7. The van der Waals surface area contributed by atoms with Crippen LogP contribution in [-0.4, -0.2) is 20.4 Å². The van der Waals surface area contributed by atoms with Gasteiger partial charge < -0.3 is 23.5 Å². The molecular formula is C110H86BN5. The maximum Gasteiger partial charge on any atom is 0.252 e. The molecule has 0 unspecified atom stereocenters. The fourth-order valence-electron chi connectivity index (χ4n) is 22.0. The van der Waals surface area contributed by atoms with E-state index in [1.807, 2.05) is 0 Å². The van der Waals surface area contributed by atoms with Crippen LogP contribution in [0.15, 0.2) is 352 Å². The summed E-state index contributed by atoms with van der Waals surface area (Å²) in [5.41, 5.74) is 38.7. The molecule has 0 bridgehead atoms. The second-order valence-electron chi connectivity index (χ2n) is 35.8. The van der Waals surface area contributed by atoms with Gasteiger partial charge in [0.1, 0.15) is 0 Å². The average molecular weight is 1490 g/mol. The first-order valence-corrected chi connectivity index (χ1v) is 41.3. The van der Waals surface area contributed by atoms with Crippen LogP contribution in [0.2, 0.25) is 0 Å². The topological polar surface area (TPSA) is 21.3 Å². The van der Waals surface area contributed by atoms with E-state index in [0.717, 1.165) is 97.1 Å². The van der Waals surface area contributed by atoms with Crippen molar-refractivity contribution in [1.29, 1.82) is 0 Å². The molecule has 0 N–H and O–H groups in total. The molecule has 0 fully saturated rings. The summed E-state index contributed by atoms with van der Waals surface area (Å²) in [5.74, 6) is 0. The number of nitrogens with zero attached hydrogens (tertiary/aromatic N) is 5. The van der Waals surface area contributed by atoms with E-state index in [-0.39, 0.29) is 28.4 Å². The summed E-state index contributed by atoms with van der Waals surface area (Å²) < 4.78 is 7.59. The second-order valence-corrected chi connectivity index (χ2v) is 35.8. The fourth-order valence-corrected chi connectivity index (χ4v) is 22.0. The van der Waals surface area contributed by atoms with E-state index in [1.54, 1.807) is 0 Å². The van der Waals surface area contributed by atoms with Crippen LogP contribution >= 0.6 is 0 Å². The van der Waals surface area contributed by atoms with E-state index >= 15 is 0 Å². The van der Waals surface area contributed by atoms with Crippen LogP contribution in [0.4, 0.5) is 34.1 Å². The number of fused-ring (bicyclic) bond motifs is 15. The Hall–Kier alpha value is -13.4. The van der Waals surface area contributed by atoms with Gasteiger partial charge in [-0.05, 0) is 244 Å². The molecule has 554 valence electrons. The molecule has 2 aliphatic carbocycles. The molecule has 0 saturated heterocycles. The van der Waals surface area contributed by atoms with E-state index in [0.29, 0.717) is 0 Å². The highest BCUT2D eigenvalue weighted by Gasteiger charge is 2.47. The summed E-state index contributed by atoms with van der Waals surface area (Å²) in [5, 5.41) is 7.29. The molecule has 0 radical (unpaired) electrons. The lowest BCUT2D eigenvalue weighted by atomic mass is 9.33. The van der Waals surface area contributed by atoms with Crippen molar-refractivity contribution < 1.29 is 0 Å². The normalized spacial score (nSPS) is 15.2. The number of hydrogen-bond acceptors (Lipinski definition) is 2. The number of benzene rings is 16. The van der Waals surface area contributed by atoms with Crippen molar-refractivity contribution >= 4 is 123 Å². The number of para-hydroxylation sites is 3. The van der Waals surface area contributed by atoms with Crippen molar-refractivity contribution in [3.63, 3.8) is 0 Å². The molecule has 19 aromatic rings. The molecule has 0 amide bonds. The standard InChI is InChI=1S/C110H86BN5/c1-107(2)67-109(5,6)92-61-77(40-51-90(92)107)72-36-45-79(46-37-72)112-102-63-81(114-96-33-21-18-30-84(96)87-58-74(42-55-99(87)114)69-24-12-9-13-25-69)49-53-94(102)111-95-54-50-82(115-97-34-22-19-31-85(97)88-59-75(43-56-100(88)115)70-26-14-10-15-27-70)64-103(95)113(80-47-38-73(39-48-80)78-41-52-91-93(62-78)110(7,8)68-108(91,3)4)105-66-83(65-104(112)106(105)111)116-98-35-23-20-32-86(98)89-60-76(44-57-101(89)116)71-28-16-11-17-29-71/h9-66H,67-68H2,1-8H3. The van der Waals surface area contributed by atoms with Crippen LogP contribution in [0.3, 0.4) is 0 Å². The summed E-state index contributed by atoms with van der Waals surface area (Å²) in [6.07, 6.45) is 2.23. The molecule has 0 atom stereocenters. The fraction of sp³-hybridized carbons (Fsp3) is 0.127. The van der Waals surface area contributed by atoms with Crippen LogP contribution in [0.1, 0.15) is 90.5 Å². The third-order valence-corrected chi connectivity index (χ3v) is 26.8. The minimum absolute atomic E-state index is 0.0527. The summed E-state index contributed by atoms with van der Waals surface area (Å²) >= 11 is 0. The van der Waals surface area contributed by atoms with Crippen molar-refractivity contribution in [3.05, 3.63) is 374 Å². The van der Waals surface area contributed by atoms with Crippen LogP contribution in [-0.2, 0) is 21.7 Å². The molecule has 4 aliphatic rings. The lowest BCUT2D eigenvalue weighted by molar-refractivity contribution is 0.402. The number of rotatable bonds is 10. The van der Waals surface area contributed by atoms with Gasteiger partial charge in [-0.1, -0.05) is 292 Å². The quantitative estimate of drug-likeness (QED) is 0.127. The maximum atomic E-state index is 2.64. The smallest absolute Gasteiger partial charge is 0.252 e. The summed E-state index contributed by atoms with van der Waals surface area (Å²) in [7, 11) is 0. The average Bonchev–Trinajstić information content (AvgIpc) is 0.894. The number of aromatic nitrogens is 3. The van der Waals surface area contributed by atoms with E-state index < -0.39 is 0 Å². The van der Waals surface area contributed by atoms with Crippen LogP contribution in [0, 0.1) is 0 Å². The minimum Gasteiger partial charge on any atom is -0.311 e. The minimum atomic E-state index is -0.226. The zero-order valence-electron chi connectivity index (χ0n) is 66.7. The van der Waals surface area contributed by atoms with E-state index in [4.69, 9.17) is 0 Å². The van der Waals surface area contributed by atoms with Crippen LogP contribution in [0.25, 0.3) is 138 Å². The van der Waals surface area contributed by atoms with Gasteiger partial charge in [-0.25, -0.2) is 0 Å². The molecule has 16 aromatic carbocycles. The third-order valence-electron chi connectivity index (χ3n) is 26.8. The van der Waals surface area contributed by atoms with Gasteiger partial charge in [0.15, 0.2) is 0 Å². The van der Waals surface area contributed by atoms with Gasteiger partial charge in [0.25, 0.3) is 6.71 Å². The molecule has 23 rings (SSSR count). The van der Waals surface area contributed by atoms with Gasteiger partial charge in [-0.3, -0.25) is 0 Å². The molecule has 116 heavy (non-hydrogen) atoms.